The van der Waals surface area contributed by atoms with Crippen LogP contribution < -0.4 is 4.74 Å². The van der Waals surface area contributed by atoms with E-state index in [1.54, 1.807) is 31.4 Å². The van der Waals surface area contributed by atoms with Crippen molar-refractivity contribution in [2.24, 2.45) is 5.10 Å². The molecule has 0 bridgehead atoms. The summed E-state index contributed by atoms with van der Waals surface area (Å²) in [7, 11) is 1.62. The normalized spacial score (nSPS) is 13.7. The highest BCUT2D eigenvalue weighted by Gasteiger charge is 2.35. The van der Waals surface area contributed by atoms with Gasteiger partial charge in [-0.2, -0.15) is 10.1 Å². The van der Waals surface area contributed by atoms with Crippen LogP contribution in [0.3, 0.4) is 0 Å². The molecule has 0 fully saturated rings. The van der Waals surface area contributed by atoms with Gasteiger partial charge in [0.1, 0.15) is 5.75 Å². The molecule has 3 aromatic carbocycles. The summed E-state index contributed by atoms with van der Waals surface area (Å²) in [5.41, 5.74) is 1.56. The zero-order valence-electron chi connectivity index (χ0n) is 13.5. The SMILES string of the molecule is COc1ccc(/C=N\N2C(=O)c3ccccc3C2=O)c2ccccc12. The molecule has 25 heavy (non-hydrogen) atoms. The van der Waals surface area contributed by atoms with Crippen LogP contribution in [0, 0.1) is 0 Å². The molecule has 1 heterocycles. The molecule has 0 unspecified atom stereocenters. The molecule has 0 saturated heterocycles. The maximum atomic E-state index is 12.4. The Bertz CT molecular complexity index is 1010. The molecule has 0 N–H and O–H groups in total. The number of amides is 2. The van der Waals surface area contributed by atoms with E-state index in [1.807, 2.05) is 36.4 Å². The third kappa shape index (κ3) is 2.37. The fourth-order valence-corrected chi connectivity index (χ4v) is 2.99. The second-order valence-corrected chi connectivity index (χ2v) is 5.61. The van der Waals surface area contributed by atoms with Crippen LogP contribution in [0.4, 0.5) is 0 Å². The summed E-state index contributed by atoms with van der Waals surface area (Å²) in [6.07, 6.45) is 1.53. The van der Waals surface area contributed by atoms with Crippen molar-refractivity contribution in [3.63, 3.8) is 0 Å². The minimum Gasteiger partial charge on any atom is -0.496 e. The highest BCUT2D eigenvalue weighted by Crippen LogP contribution is 2.28. The van der Waals surface area contributed by atoms with E-state index >= 15 is 0 Å². The maximum absolute atomic E-state index is 12.4. The van der Waals surface area contributed by atoms with Crippen LogP contribution in [0.2, 0.25) is 0 Å². The highest BCUT2D eigenvalue weighted by molar-refractivity contribution is 6.21. The first-order valence-electron chi connectivity index (χ1n) is 7.78. The number of benzene rings is 3. The van der Waals surface area contributed by atoms with Gasteiger partial charge < -0.3 is 4.74 Å². The number of methoxy groups -OCH3 is 1. The van der Waals surface area contributed by atoms with Gasteiger partial charge in [-0.3, -0.25) is 9.59 Å². The second kappa shape index (κ2) is 5.87. The Hall–Kier alpha value is -3.47. The second-order valence-electron chi connectivity index (χ2n) is 5.61. The molecular weight excluding hydrogens is 316 g/mol. The average Bonchev–Trinajstić information content (AvgIpc) is 2.91. The lowest BCUT2D eigenvalue weighted by Gasteiger charge is -2.09. The van der Waals surface area contributed by atoms with Crippen LogP contribution in [-0.4, -0.2) is 30.1 Å². The zero-order chi connectivity index (χ0) is 17.4. The van der Waals surface area contributed by atoms with Crippen LogP contribution in [0.25, 0.3) is 10.8 Å². The number of rotatable bonds is 3. The molecule has 0 saturated carbocycles. The van der Waals surface area contributed by atoms with Crippen LogP contribution in [0.5, 0.6) is 5.75 Å². The largest absolute Gasteiger partial charge is 0.496 e. The van der Waals surface area contributed by atoms with Crippen LogP contribution in [-0.2, 0) is 0 Å². The number of carbonyl (C=O) groups excluding carboxylic acids is 2. The average molecular weight is 330 g/mol. The zero-order valence-corrected chi connectivity index (χ0v) is 13.5. The van der Waals surface area contributed by atoms with Crippen molar-refractivity contribution in [1.29, 1.82) is 0 Å². The quantitative estimate of drug-likeness (QED) is 0.546. The van der Waals surface area contributed by atoms with E-state index in [0.29, 0.717) is 11.1 Å². The molecule has 5 nitrogen and oxygen atoms in total. The molecule has 1 aliphatic rings. The molecular formula is C20H14N2O3. The lowest BCUT2D eigenvalue weighted by Crippen LogP contribution is -2.24. The number of hydrogen-bond donors (Lipinski definition) is 0. The molecule has 0 spiro atoms. The Labute approximate surface area is 144 Å². The lowest BCUT2D eigenvalue weighted by molar-refractivity contribution is 0.0660. The fraction of sp³-hybridized carbons (Fsp3) is 0.0500. The number of ether oxygens (including phenoxy) is 1. The summed E-state index contributed by atoms with van der Waals surface area (Å²) in [6.45, 7) is 0. The molecule has 1 aliphatic heterocycles. The topological polar surface area (TPSA) is 59.0 Å². The summed E-state index contributed by atoms with van der Waals surface area (Å²) in [5.74, 6) is -0.0576. The summed E-state index contributed by atoms with van der Waals surface area (Å²) < 4.78 is 5.37. The number of nitrogens with zero attached hydrogens (tertiary/aromatic N) is 2. The van der Waals surface area contributed by atoms with E-state index in [9.17, 15) is 9.59 Å². The van der Waals surface area contributed by atoms with Gasteiger partial charge in [0.2, 0.25) is 0 Å². The van der Waals surface area contributed by atoms with Crippen molar-refractivity contribution >= 4 is 28.8 Å². The van der Waals surface area contributed by atoms with Gasteiger partial charge in [-0.05, 0) is 29.7 Å². The molecule has 3 aromatic rings. The van der Waals surface area contributed by atoms with E-state index in [4.69, 9.17) is 4.74 Å². The van der Waals surface area contributed by atoms with Gasteiger partial charge in [-0.1, -0.05) is 36.4 Å². The molecule has 2 amide bonds. The first-order valence-corrected chi connectivity index (χ1v) is 7.78. The summed E-state index contributed by atoms with van der Waals surface area (Å²) >= 11 is 0. The minimum atomic E-state index is -0.408. The van der Waals surface area contributed by atoms with E-state index in [1.165, 1.54) is 6.21 Å². The molecule has 0 aromatic heterocycles. The molecule has 122 valence electrons. The van der Waals surface area contributed by atoms with Gasteiger partial charge >= 0.3 is 0 Å². The van der Waals surface area contributed by atoms with Crippen molar-refractivity contribution in [3.8, 4) is 5.75 Å². The first-order chi connectivity index (χ1) is 12.2. The van der Waals surface area contributed by atoms with Gasteiger partial charge in [0.25, 0.3) is 11.8 Å². The van der Waals surface area contributed by atoms with Crippen molar-refractivity contribution < 1.29 is 14.3 Å². The van der Waals surface area contributed by atoms with Crippen molar-refractivity contribution in [3.05, 3.63) is 77.4 Å². The Kier molecular flexibility index (Phi) is 3.54. The predicted octanol–water partition coefficient (Wildman–Crippen LogP) is 3.48. The van der Waals surface area contributed by atoms with Gasteiger partial charge in [0, 0.05) is 10.9 Å². The van der Waals surface area contributed by atoms with E-state index in [2.05, 4.69) is 5.10 Å². The van der Waals surface area contributed by atoms with Gasteiger partial charge in [0.15, 0.2) is 0 Å². The number of fused-ring (bicyclic) bond motifs is 2. The summed E-state index contributed by atoms with van der Waals surface area (Å²) in [5, 5.41) is 6.92. The Balaban J connectivity index is 1.73. The third-order valence-electron chi connectivity index (χ3n) is 4.22. The van der Waals surface area contributed by atoms with Gasteiger partial charge in [0.05, 0.1) is 24.5 Å². The van der Waals surface area contributed by atoms with Gasteiger partial charge in [-0.15, -0.1) is 0 Å². The van der Waals surface area contributed by atoms with Crippen molar-refractivity contribution in [1.82, 2.24) is 5.01 Å². The Morgan fingerprint density at radius 2 is 1.44 bits per heavy atom. The van der Waals surface area contributed by atoms with Crippen molar-refractivity contribution in [2.45, 2.75) is 0 Å². The lowest BCUT2D eigenvalue weighted by atomic mass is 10.0. The predicted molar refractivity (Wildman–Crippen MR) is 95.0 cm³/mol. The maximum Gasteiger partial charge on any atom is 0.282 e. The molecule has 0 aliphatic carbocycles. The smallest absolute Gasteiger partial charge is 0.282 e. The van der Waals surface area contributed by atoms with E-state index < -0.39 is 11.8 Å². The third-order valence-corrected chi connectivity index (χ3v) is 4.22. The minimum absolute atomic E-state index is 0.379. The number of carbonyl (C=O) groups is 2. The molecule has 0 atom stereocenters. The van der Waals surface area contributed by atoms with Gasteiger partial charge in [-0.25, -0.2) is 0 Å². The Morgan fingerprint density at radius 3 is 2.08 bits per heavy atom. The molecule has 4 rings (SSSR count). The summed E-state index contributed by atoms with van der Waals surface area (Å²) in [4.78, 5) is 24.7. The van der Waals surface area contributed by atoms with Crippen LogP contribution in [0.15, 0.2) is 65.8 Å². The first kappa shape index (κ1) is 15.1. The van der Waals surface area contributed by atoms with Crippen molar-refractivity contribution in [2.75, 3.05) is 7.11 Å². The van der Waals surface area contributed by atoms with Crippen LogP contribution in [0.1, 0.15) is 26.3 Å². The summed E-state index contributed by atoms with van der Waals surface area (Å²) in [6, 6.07) is 18.2. The molecule has 0 radical (unpaired) electrons. The van der Waals surface area contributed by atoms with Crippen LogP contribution >= 0.6 is 0 Å². The molecule has 5 heteroatoms. The monoisotopic (exact) mass is 330 g/mol. The van der Waals surface area contributed by atoms with E-state index in [-0.39, 0.29) is 0 Å². The number of imide groups is 1. The number of hydrazone groups is 1. The Morgan fingerprint density at radius 1 is 0.840 bits per heavy atom. The standard InChI is InChI=1S/C20H14N2O3/c1-25-18-11-10-13(14-6-2-3-7-15(14)18)12-21-22-19(23)16-8-4-5-9-17(16)20(22)24/h2-12H,1H3/b21-12-. The van der Waals surface area contributed by atoms with E-state index in [0.717, 1.165) is 27.1 Å². The highest BCUT2D eigenvalue weighted by atomic mass is 16.5. The number of hydrogen-bond acceptors (Lipinski definition) is 4. The fourth-order valence-electron chi connectivity index (χ4n) is 2.99.